The van der Waals surface area contributed by atoms with Crippen molar-refractivity contribution in [2.75, 3.05) is 26.4 Å². The second-order valence-corrected chi connectivity index (χ2v) is 13.2. The number of hydrogen-bond donors (Lipinski definition) is 4. The van der Waals surface area contributed by atoms with Gasteiger partial charge in [-0.2, -0.15) is 0 Å². The smallest absolute Gasteiger partial charge is 0.245 e. The van der Waals surface area contributed by atoms with Crippen molar-refractivity contribution in [2.24, 2.45) is 0 Å². The highest BCUT2D eigenvalue weighted by atomic mass is 16.7. The van der Waals surface area contributed by atoms with E-state index in [1.807, 2.05) is 86.6 Å². The third-order valence-corrected chi connectivity index (χ3v) is 8.34. The molecule has 47 heavy (non-hydrogen) atoms. The first-order chi connectivity index (χ1) is 22.2. The minimum atomic E-state index is -0.924. The zero-order valence-corrected chi connectivity index (χ0v) is 28.1. The predicted octanol–water partition coefficient (Wildman–Crippen LogP) is 6.00. The maximum atomic E-state index is 9.52. The molecule has 4 rings (SSSR count). The summed E-state index contributed by atoms with van der Waals surface area (Å²) in [7, 11) is 0. The van der Waals surface area contributed by atoms with Crippen molar-refractivity contribution in [2.45, 2.75) is 70.4 Å². The van der Waals surface area contributed by atoms with Gasteiger partial charge >= 0.3 is 0 Å². The van der Waals surface area contributed by atoms with Crippen molar-refractivity contribution in [3.8, 4) is 23.0 Å². The van der Waals surface area contributed by atoms with Crippen molar-refractivity contribution >= 4 is 0 Å². The highest BCUT2D eigenvalue weighted by molar-refractivity contribution is 5.43. The highest BCUT2D eigenvalue weighted by Crippen LogP contribution is 2.36. The van der Waals surface area contributed by atoms with Gasteiger partial charge in [-0.05, 0) is 70.8 Å². The Labute approximate surface area is 278 Å². The summed E-state index contributed by atoms with van der Waals surface area (Å²) < 4.78 is 23.6. The molecule has 0 aliphatic rings. The molecule has 252 valence electrons. The van der Waals surface area contributed by atoms with Gasteiger partial charge in [-0.15, -0.1) is 0 Å². The molecule has 0 spiro atoms. The molecule has 8 nitrogen and oxygen atoms in total. The van der Waals surface area contributed by atoms with Gasteiger partial charge in [-0.1, -0.05) is 76.2 Å². The molecule has 0 aliphatic heterocycles. The fourth-order valence-electron chi connectivity index (χ4n) is 5.23. The van der Waals surface area contributed by atoms with Crippen LogP contribution in [0, 0.1) is 0 Å². The molecule has 2 atom stereocenters. The number of benzene rings is 4. The van der Waals surface area contributed by atoms with Gasteiger partial charge in [-0.25, -0.2) is 0 Å². The molecule has 0 fully saturated rings. The molecule has 0 heterocycles. The van der Waals surface area contributed by atoms with Crippen molar-refractivity contribution in [3.63, 3.8) is 0 Å². The molecule has 0 saturated heterocycles. The van der Waals surface area contributed by atoms with Crippen LogP contribution in [0.1, 0.15) is 63.8 Å². The maximum Gasteiger partial charge on any atom is 0.245 e. The van der Waals surface area contributed by atoms with Crippen LogP contribution in [-0.2, 0) is 10.8 Å². The van der Waals surface area contributed by atoms with E-state index in [1.54, 1.807) is 0 Å². The Morgan fingerprint density at radius 3 is 0.957 bits per heavy atom. The van der Waals surface area contributed by atoms with E-state index in [1.165, 1.54) is 0 Å². The first-order valence-corrected chi connectivity index (χ1v) is 15.9. The Balaban J connectivity index is 1.35. The van der Waals surface area contributed by atoms with Crippen LogP contribution in [0.25, 0.3) is 0 Å². The quantitative estimate of drug-likeness (QED) is 0.110. The van der Waals surface area contributed by atoms with Crippen LogP contribution in [0.3, 0.4) is 0 Å². The van der Waals surface area contributed by atoms with Crippen molar-refractivity contribution in [1.82, 2.24) is 0 Å². The highest BCUT2D eigenvalue weighted by Gasteiger charge is 2.27. The Kier molecular flexibility index (Phi) is 11.6. The zero-order valence-electron chi connectivity index (χ0n) is 28.1. The molecule has 0 bridgehead atoms. The molecular formula is C39H48O8. The van der Waals surface area contributed by atoms with Gasteiger partial charge in [0, 0.05) is 24.7 Å². The van der Waals surface area contributed by atoms with Crippen molar-refractivity contribution in [3.05, 3.63) is 119 Å². The number of rotatable bonds is 16. The van der Waals surface area contributed by atoms with Crippen LogP contribution in [0.15, 0.2) is 97.1 Å². The largest absolute Gasteiger partial charge is 0.491 e. The van der Waals surface area contributed by atoms with Crippen molar-refractivity contribution < 1.29 is 39.4 Å². The first-order valence-electron chi connectivity index (χ1n) is 15.9. The van der Waals surface area contributed by atoms with Gasteiger partial charge in [0.1, 0.15) is 48.4 Å². The van der Waals surface area contributed by atoms with Gasteiger partial charge in [0.15, 0.2) is 0 Å². The molecule has 0 radical (unpaired) electrons. The number of hydrogen-bond acceptors (Lipinski definition) is 8. The molecular weight excluding hydrogens is 596 g/mol. The van der Waals surface area contributed by atoms with Gasteiger partial charge in [0.2, 0.25) is 5.79 Å². The second kappa shape index (κ2) is 15.2. The second-order valence-electron chi connectivity index (χ2n) is 13.2. The molecule has 0 amide bonds. The lowest BCUT2D eigenvalue weighted by atomic mass is 9.78. The van der Waals surface area contributed by atoms with Gasteiger partial charge < -0.3 is 39.4 Å². The molecule has 4 N–H and O–H groups in total. The minimum Gasteiger partial charge on any atom is -0.491 e. The predicted molar refractivity (Wildman–Crippen MR) is 183 cm³/mol. The summed E-state index contributed by atoms with van der Waals surface area (Å²) >= 11 is 0. The molecule has 0 aliphatic carbocycles. The summed E-state index contributed by atoms with van der Waals surface area (Å²) in [5, 5.41) is 37.0. The summed E-state index contributed by atoms with van der Waals surface area (Å²) in [6.45, 7) is 11.8. The average Bonchev–Trinajstić information content (AvgIpc) is 3.06. The first kappa shape index (κ1) is 35.8. The summed E-state index contributed by atoms with van der Waals surface area (Å²) in [5.74, 6) is 1.73. The summed E-state index contributed by atoms with van der Waals surface area (Å²) in [5.41, 5.74) is 3.91. The van der Waals surface area contributed by atoms with Crippen LogP contribution < -0.4 is 18.9 Å². The Morgan fingerprint density at radius 2 is 0.702 bits per heavy atom. The molecule has 4 aromatic carbocycles. The summed E-state index contributed by atoms with van der Waals surface area (Å²) in [4.78, 5) is 0. The monoisotopic (exact) mass is 644 g/mol. The molecule has 0 aromatic heterocycles. The van der Waals surface area contributed by atoms with E-state index in [0.29, 0.717) is 23.0 Å². The van der Waals surface area contributed by atoms with E-state index in [4.69, 9.17) is 29.2 Å². The van der Waals surface area contributed by atoms with Crippen LogP contribution in [0.5, 0.6) is 23.0 Å². The summed E-state index contributed by atoms with van der Waals surface area (Å²) in [6.07, 6.45) is -1.81. The van der Waals surface area contributed by atoms with E-state index in [2.05, 4.69) is 52.0 Å². The SMILES string of the molecule is CC(C)(Oc1ccc(C(C)(C)c2ccc(OCC(O)CO)cc2)cc1)Oc1ccc(C(C)(C)c2ccc(OCC(O)CO)cc2)cc1. The normalized spacial score (nSPS) is 13.5. The van der Waals surface area contributed by atoms with Crippen molar-refractivity contribution in [1.29, 1.82) is 0 Å². The van der Waals surface area contributed by atoms with E-state index >= 15 is 0 Å². The lowest BCUT2D eigenvalue weighted by molar-refractivity contribution is -0.0809. The summed E-state index contributed by atoms with van der Waals surface area (Å²) in [6, 6.07) is 31.5. The molecule has 0 saturated carbocycles. The fourth-order valence-corrected chi connectivity index (χ4v) is 5.23. The number of aliphatic hydroxyl groups is 4. The van der Waals surface area contributed by atoms with Gasteiger partial charge in [-0.3, -0.25) is 0 Å². The maximum absolute atomic E-state index is 9.52. The fraction of sp³-hybridized carbons (Fsp3) is 0.385. The van der Waals surface area contributed by atoms with E-state index in [0.717, 1.165) is 22.3 Å². The van der Waals surface area contributed by atoms with Gasteiger partial charge in [0.25, 0.3) is 0 Å². The Morgan fingerprint density at radius 1 is 0.447 bits per heavy atom. The number of ether oxygens (including phenoxy) is 4. The zero-order chi connectivity index (χ0) is 34.2. The minimum absolute atomic E-state index is 0.0396. The topological polar surface area (TPSA) is 118 Å². The van der Waals surface area contributed by atoms with Crippen LogP contribution >= 0.6 is 0 Å². The van der Waals surface area contributed by atoms with Crippen LogP contribution in [0.2, 0.25) is 0 Å². The third kappa shape index (κ3) is 9.49. The average molecular weight is 645 g/mol. The standard InChI is InChI=1S/C39H48O8/c1-37(2,27-7-15-33(16-8-27)44-25-31(42)23-40)29-11-19-35(20-12-29)46-39(5,6)47-36-21-13-30(14-22-36)38(3,4)28-9-17-34(18-10-28)45-26-32(43)24-41/h7-22,31-32,40-43H,23-26H2,1-6H3. The van der Waals surface area contributed by atoms with E-state index < -0.39 is 18.0 Å². The third-order valence-electron chi connectivity index (χ3n) is 8.34. The van der Waals surface area contributed by atoms with Crippen LogP contribution in [0.4, 0.5) is 0 Å². The Bertz CT molecular complexity index is 1410. The molecule has 2 unspecified atom stereocenters. The lowest BCUT2D eigenvalue weighted by Crippen LogP contribution is -2.35. The molecule has 4 aromatic rings. The van der Waals surface area contributed by atoms with E-state index in [9.17, 15) is 10.2 Å². The molecule has 8 heteroatoms. The van der Waals surface area contributed by atoms with Crippen LogP contribution in [-0.4, -0.2) is 64.8 Å². The van der Waals surface area contributed by atoms with E-state index in [-0.39, 0.29) is 37.3 Å². The number of aliphatic hydroxyl groups excluding tert-OH is 4. The Hall–Kier alpha value is -4.08. The lowest BCUT2D eigenvalue weighted by Gasteiger charge is -2.30. The van der Waals surface area contributed by atoms with Gasteiger partial charge in [0.05, 0.1) is 13.2 Å².